The minimum Gasteiger partial charge on any atom is -0.0620 e. The van der Waals surface area contributed by atoms with Gasteiger partial charge >= 0.3 is 0 Å². The highest BCUT2D eigenvalue weighted by Crippen LogP contribution is 2.69. The molecular formula is C13H22. The van der Waals surface area contributed by atoms with Gasteiger partial charge in [-0.2, -0.15) is 0 Å². The van der Waals surface area contributed by atoms with Crippen molar-refractivity contribution in [3.05, 3.63) is 0 Å². The lowest BCUT2D eigenvalue weighted by Gasteiger charge is -2.55. The molecule has 3 aliphatic rings. The smallest absolute Gasteiger partial charge is 0.0321 e. The van der Waals surface area contributed by atoms with E-state index in [9.17, 15) is 0 Å². The van der Waals surface area contributed by atoms with Crippen LogP contribution in [0.4, 0.5) is 0 Å². The van der Waals surface area contributed by atoms with Crippen molar-refractivity contribution in [3.8, 4) is 0 Å². The average Bonchev–Trinajstić information content (AvgIpc) is 2.61. The van der Waals surface area contributed by atoms with Crippen LogP contribution in [0.5, 0.6) is 0 Å². The Morgan fingerprint density at radius 2 is 1.00 bits per heavy atom. The maximum absolute atomic E-state index is 2.50. The highest BCUT2D eigenvalue weighted by Gasteiger charge is 2.63. The molecule has 0 aromatic carbocycles. The van der Waals surface area contributed by atoms with Gasteiger partial charge in [0.25, 0.3) is 0 Å². The Morgan fingerprint density at radius 1 is 0.615 bits per heavy atom. The van der Waals surface area contributed by atoms with E-state index in [1.807, 2.05) is 0 Å². The lowest BCUT2D eigenvalue weighted by Crippen LogP contribution is -2.50. The molecule has 0 spiro atoms. The quantitative estimate of drug-likeness (QED) is 0.533. The molecular weight excluding hydrogens is 156 g/mol. The molecule has 0 aliphatic heterocycles. The second-order valence-electron chi connectivity index (χ2n) is 6.15. The molecule has 74 valence electrons. The fourth-order valence-electron chi connectivity index (χ4n) is 5.15. The summed E-state index contributed by atoms with van der Waals surface area (Å²) >= 11 is 0. The molecule has 8 atom stereocenters. The second kappa shape index (κ2) is 2.32. The third kappa shape index (κ3) is 0.750. The van der Waals surface area contributed by atoms with E-state index < -0.39 is 0 Å². The standard InChI is InChI=1S/C13H22/c1-6-7(2)11-5-10(6)12-8(3)9(4)13(11)12/h6-13H,5H2,1-4H3. The summed E-state index contributed by atoms with van der Waals surface area (Å²) in [7, 11) is 0. The van der Waals surface area contributed by atoms with Gasteiger partial charge in [-0.05, 0) is 53.8 Å². The van der Waals surface area contributed by atoms with Crippen LogP contribution in [0, 0.1) is 47.3 Å². The molecule has 0 N–H and O–H groups in total. The summed E-state index contributed by atoms with van der Waals surface area (Å²) in [5.74, 6) is 8.61. The van der Waals surface area contributed by atoms with E-state index in [0.717, 1.165) is 47.3 Å². The van der Waals surface area contributed by atoms with E-state index in [1.54, 1.807) is 6.42 Å². The van der Waals surface area contributed by atoms with Crippen LogP contribution in [-0.4, -0.2) is 0 Å². The Balaban J connectivity index is 1.90. The first kappa shape index (κ1) is 8.32. The molecule has 0 aromatic heterocycles. The summed E-state index contributed by atoms with van der Waals surface area (Å²) in [5, 5.41) is 0. The molecule has 0 radical (unpaired) electrons. The predicted octanol–water partition coefficient (Wildman–Crippen LogP) is 3.43. The van der Waals surface area contributed by atoms with Crippen molar-refractivity contribution < 1.29 is 0 Å². The minimum absolute atomic E-state index is 1.03. The molecule has 3 aliphatic carbocycles. The van der Waals surface area contributed by atoms with Crippen LogP contribution in [0.2, 0.25) is 0 Å². The normalized spacial score (nSPS) is 69.2. The van der Waals surface area contributed by atoms with Crippen LogP contribution in [0.15, 0.2) is 0 Å². The zero-order chi connectivity index (χ0) is 9.33. The van der Waals surface area contributed by atoms with E-state index in [-0.39, 0.29) is 0 Å². The summed E-state index contributed by atoms with van der Waals surface area (Å²) in [6, 6.07) is 0. The molecule has 0 heterocycles. The Morgan fingerprint density at radius 3 is 1.38 bits per heavy atom. The summed E-state index contributed by atoms with van der Waals surface area (Å²) in [4.78, 5) is 0. The monoisotopic (exact) mass is 178 g/mol. The van der Waals surface area contributed by atoms with Gasteiger partial charge in [-0.25, -0.2) is 0 Å². The van der Waals surface area contributed by atoms with Gasteiger partial charge in [-0.3, -0.25) is 0 Å². The Bertz CT molecular complexity index is 204. The van der Waals surface area contributed by atoms with Gasteiger partial charge in [0.15, 0.2) is 0 Å². The third-order valence-corrected chi connectivity index (χ3v) is 6.20. The van der Waals surface area contributed by atoms with Crippen LogP contribution in [0.1, 0.15) is 34.1 Å². The van der Waals surface area contributed by atoms with Crippen molar-refractivity contribution >= 4 is 0 Å². The highest BCUT2D eigenvalue weighted by molar-refractivity contribution is 5.11. The molecule has 0 saturated heterocycles. The Hall–Kier alpha value is 0. The van der Waals surface area contributed by atoms with Gasteiger partial charge in [0.2, 0.25) is 0 Å². The zero-order valence-electron chi connectivity index (χ0n) is 9.33. The maximum Gasteiger partial charge on any atom is -0.0321 e. The van der Waals surface area contributed by atoms with Crippen molar-refractivity contribution in [2.75, 3.05) is 0 Å². The van der Waals surface area contributed by atoms with Crippen molar-refractivity contribution in [2.24, 2.45) is 47.3 Å². The van der Waals surface area contributed by atoms with Crippen molar-refractivity contribution in [1.29, 1.82) is 0 Å². The fraction of sp³-hybridized carbons (Fsp3) is 1.00. The first-order valence-corrected chi connectivity index (χ1v) is 6.13. The number of rotatable bonds is 0. The van der Waals surface area contributed by atoms with Crippen molar-refractivity contribution in [1.82, 2.24) is 0 Å². The molecule has 8 unspecified atom stereocenters. The van der Waals surface area contributed by atoms with E-state index in [1.165, 1.54) is 0 Å². The first-order valence-electron chi connectivity index (χ1n) is 6.13. The van der Waals surface area contributed by atoms with Gasteiger partial charge in [-0.1, -0.05) is 27.7 Å². The molecule has 0 heteroatoms. The lowest BCUT2D eigenvalue weighted by atomic mass is 9.50. The van der Waals surface area contributed by atoms with Crippen LogP contribution < -0.4 is 0 Å². The first-order chi connectivity index (χ1) is 6.13. The summed E-state index contributed by atoms with van der Waals surface area (Å²) < 4.78 is 0. The second-order valence-corrected chi connectivity index (χ2v) is 6.15. The van der Waals surface area contributed by atoms with Crippen molar-refractivity contribution in [2.45, 2.75) is 34.1 Å². The molecule has 13 heavy (non-hydrogen) atoms. The van der Waals surface area contributed by atoms with Gasteiger partial charge in [0.1, 0.15) is 0 Å². The molecule has 3 rings (SSSR count). The van der Waals surface area contributed by atoms with E-state index in [4.69, 9.17) is 0 Å². The number of hydrogen-bond donors (Lipinski definition) is 0. The molecule has 0 amide bonds. The van der Waals surface area contributed by atoms with Crippen LogP contribution >= 0.6 is 0 Å². The number of hydrogen-bond acceptors (Lipinski definition) is 0. The Kier molecular flexibility index (Phi) is 1.49. The van der Waals surface area contributed by atoms with Gasteiger partial charge < -0.3 is 0 Å². The summed E-state index contributed by atoms with van der Waals surface area (Å²) in [6.45, 7) is 9.98. The van der Waals surface area contributed by atoms with Crippen molar-refractivity contribution in [3.63, 3.8) is 0 Å². The number of fused-ring (bicyclic) bond motifs is 5. The SMILES string of the molecule is CC1C(C)C2CC1C1C(C)C(C)C21. The largest absolute Gasteiger partial charge is 0.0620 e. The topological polar surface area (TPSA) is 0 Å². The third-order valence-electron chi connectivity index (χ3n) is 6.20. The molecule has 2 bridgehead atoms. The van der Waals surface area contributed by atoms with Gasteiger partial charge in [0.05, 0.1) is 0 Å². The van der Waals surface area contributed by atoms with Crippen LogP contribution in [0.25, 0.3) is 0 Å². The molecule has 3 saturated carbocycles. The van der Waals surface area contributed by atoms with Crippen LogP contribution in [-0.2, 0) is 0 Å². The lowest BCUT2D eigenvalue weighted by molar-refractivity contribution is -0.0750. The highest BCUT2D eigenvalue weighted by atomic mass is 14.7. The molecule has 3 fully saturated rings. The zero-order valence-corrected chi connectivity index (χ0v) is 9.33. The average molecular weight is 178 g/mol. The van der Waals surface area contributed by atoms with E-state index in [0.29, 0.717) is 0 Å². The Labute approximate surface area is 82.1 Å². The van der Waals surface area contributed by atoms with Gasteiger partial charge in [-0.15, -0.1) is 0 Å². The summed E-state index contributed by atoms with van der Waals surface area (Å²) in [5.41, 5.74) is 0. The van der Waals surface area contributed by atoms with Gasteiger partial charge in [0, 0.05) is 0 Å². The maximum atomic E-state index is 2.50. The predicted molar refractivity (Wildman–Crippen MR) is 55.2 cm³/mol. The minimum atomic E-state index is 1.03. The fourth-order valence-corrected chi connectivity index (χ4v) is 5.15. The summed E-state index contributed by atoms with van der Waals surface area (Å²) in [6.07, 6.45) is 1.58. The molecule has 0 nitrogen and oxygen atoms in total. The van der Waals surface area contributed by atoms with Crippen LogP contribution in [0.3, 0.4) is 0 Å². The molecule has 0 aromatic rings. The van der Waals surface area contributed by atoms with E-state index >= 15 is 0 Å². The van der Waals surface area contributed by atoms with E-state index in [2.05, 4.69) is 27.7 Å².